The largest absolute Gasteiger partial charge is 0.478 e. The van der Waals surface area contributed by atoms with E-state index in [0.29, 0.717) is 7.18 Å². The number of halogens is 2. The lowest BCUT2D eigenvalue weighted by molar-refractivity contribution is -0.131. The number of carbonyl (C=O) groups is 1. The summed E-state index contributed by atoms with van der Waals surface area (Å²) in [6.45, 7) is 2.96. The highest BCUT2D eigenvalue weighted by atomic mass is 35.5. The van der Waals surface area contributed by atoms with E-state index in [1.54, 1.807) is 0 Å². The van der Waals surface area contributed by atoms with Crippen molar-refractivity contribution >= 4 is 18.4 Å². The smallest absolute Gasteiger partial charge is 0.327 e. The van der Waals surface area contributed by atoms with Gasteiger partial charge in [0.05, 0.1) is 7.18 Å². The molecule has 0 aromatic heterocycles. The fourth-order valence-electron chi connectivity index (χ4n) is 0. The predicted molar refractivity (Wildman–Crippen MR) is 32.1 cm³/mol. The zero-order valence-electron chi connectivity index (χ0n) is 4.43. The van der Waals surface area contributed by atoms with Crippen molar-refractivity contribution in [1.82, 2.24) is 0 Å². The third kappa shape index (κ3) is 52.1. The Kier molecular flexibility index (Phi) is 31.5. The molecule has 0 heterocycles. The molecule has 0 aromatic rings. The highest BCUT2D eigenvalue weighted by Gasteiger charge is 1.73. The van der Waals surface area contributed by atoms with Crippen molar-refractivity contribution in [2.24, 2.45) is 0 Å². The topological polar surface area (TPSA) is 37.3 Å². The average molecular weight is 143 g/mol. The zero-order chi connectivity index (χ0) is 6.28. The summed E-state index contributed by atoms with van der Waals surface area (Å²) in [7, 11) is 0.500. The van der Waals surface area contributed by atoms with E-state index in [-0.39, 0.29) is 12.4 Å². The van der Waals surface area contributed by atoms with Gasteiger partial charge in [0.25, 0.3) is 0 Å². The Labute approximate surface area is 53.4 Å². The van der Waals surface area contributed by atoms with Crippen molar-refractivity contribution in [2.45, 2.75) is 0 Å². The van der Waals surface area contributed by atoms with Gasteiger partial charge in [0.15, 0.2) is 0 Å². The molecule has 0 aliphatic carbocycles. The van der Waals surface area contributed by atoms with Crippen LogP contribution in [0.25, 0.3) is 0 Å². The molecule has 0 atom stereocenters. The third-order valence-corrected chi connectivity index (χ3v) is 0.175. The Morgan fingerprint density at radius 2 is 1.88 bits per heavy atom. The number of rotatable bonds is 1. The first-order chi connectivity index (χ1) is 3.27. The van der Waals surface area contributed by atoms with Gasteiger partial charge in [0, 0.05) is 6.08 Å². The molecule has 50 valence electrons. The molecule has 0 spiro atoms. The van der Waals surface area contributed by atoms with Gasteiger partial charge in [-0.25, -0.2) is 4.79 Å². The maximum absolute atomic E-state index is 9.50. The van der Waals surface area contributed by atoms with Gasteiger partial charge in [0.1, 0.15) is 0 Å². The molecule has 8 heavy (non-hydrogen) atoms. The van der Waals surface area contributed by atoms with Crippen molar-refractivity contribution in [3.05, 3.63) is 12.7 Å². The summed E-state index contributed by atoms with van der Waals surface area (Å²) >= 11 is 0. The molecule has 0 radical (unpaired) electrons. The Morgan fingerprint density at radius 3 is 1.88 bits per heavy atom. The van der Waals surface area contributed by atoms with Gasteiger partial charge in [-0.3, -0.25) is 4.39 Å². The molecule has 0 fully saturated rings. The van der Waals surface area contributed by atoms with Crippen LogP contribution in [0.4, 0.5) is 4.39 Å². The Morgan fingerprint density at radius 1 is 1.75 bits per heavy atom. The molecule has 0 amide bonds. The summed E-state index contributed by atoms with van der Waals surface area (Å²) in [6, 6.07) is 0. The molecule has 0 unspecified atom stereocenters. The molecule has 0 aromatic carbocycles. The molecule has 0 rings (SSSR count). The van der Waals surface area contributed by atoms with Crippen molar-refractivity contribution < 1.29 is 14.3 Å². The van der Waals surface area contributed by atoms with E-state index in [2.05, 4.69) is 6.58 Å². The van der Waals surface area contributed by atoms with Crippen molar-refractivity contribution in [2.75, 3.05) is 7.18 Å². The lowest BCUT2D eigenvalue weighted by Crippen LogP contribution is -1.82. The minimum Gasteiger partial charge on any atom is -0.478 e. The highest BCUT2D eigenvalue weighted by Crippen LogP contribution is 1.54. The zero-order valence-corrected chi connectivity index (χ0v) is 5.24. The number of aliphatic carboxylic acids is 1. The number of hydrogen-bond donors (Lipinski definition) is 1. The van der Waals surface area contributed by atoms with Gasteiger partial charge >= 0.3 is 5.97 Å². The monoisotopic (exact) mass is 142 g/mol. The summed E-state index contributed by atoms with van der Waals surface area (Å²) in [5, 5.41) is 7.60. The minimum absolute atomic E-state index is 0. The third-order valence-electron chi connectivity index (χ3n) is 0.175. The summed E-state index contributed by atoms with van der Waals surface area (Å²) in [5.74, 6) is -0.981. The summed E-state index contributed by atoms with van der Waals surface area (Å²) in [6.07, 6.45) is 0.833. The molecule has 0 saturated heterocycles. The molecular formula is C4H8ClFO2. The molecule has 0 bridgehead atoms. The normalized spacial score (nSPS) is 4.75. The Bertz CT molecular complexity index is 65.1. The summed E-state index contributed by atoms with van der Waals surface area (Å²) in [4.78, 5) is 9.25. The summed E-state index contributed by atoms with van der Waals surface area (Å²) < 4.78 is 9.50. The second-order valence-electron chi connectivity index (χ2n) is 0.542. The van der Waals surface area contributed by atoms with Gasteiger partial charge in [0.2, 0.25) is 0 Å². The molecule has 0 aliphatic rings. The minimum atomic E-state index is -0.981. The van der Waals surface area contributed by atoms with Crippen molar-refractivity contribution in [1.29, 1.82) is 0 Å². The van der Waals surface area contributed by atoms with Crippen LogP contribution in [-0.4, -0.2) is 18.3 Å². The quantitative estimate of drug-likeness (QED) is 0.560. The number of hydrogen-bond acceptors (Lipinski definition) is 1. The van der Waals surface area contributed by atoms with Crippen molar-refractivity contribution in [3.8, 4) is 0 Å². The second kappa shape index (κ2) is 16.1. The van der Waals surface area contributed by atoms with Gasteiger partial charge < -0.3 is 5.11 Å². The maximum atomic E-state index is 9.50. The van der Waals surface area contributed by atoms with E-state index in [0.717, 1.165) is 6.08 Å². The maximum Gasteiger partial charge on any atom is 0.327 e. The first kappa shape index (κ1) is 15.7. The van der Waals surface area contributed by atoms with Crippen molar-refractivity contribution in [3.63, 3.8) is 0 Å². The SMILES string of the molecule is C=CC(=O)O.CF.Cl. The first-order valence-electron chi connectivity index (χ1n) is 1.50. The van der Waals surface area contributed by atoms with E-state index >= 15 is 0 Å². The highest BCUT2D eigenvalue weighted by molar-refractivity contribution is 5.85. The lowest BCUT2D eigenvalue weighted by atomic mass is 10.7. The van der Waals surface area contributed by atoms with Crippen LogP contribution in [0.2, 0.25) is 0 Å². The molecular weight excluding hydrogens is 134 g/mol. The Hall–Kier alpha value is -0.570. The van der Waals surface area contributed by atoms with Crippen LogP contribution in [0.3, 0.4) is 0 Å². The van der Waals surface area contributed by atoms with E-state index in [9.17, 15) is 9.18 Å². The lowest BCUT2D eigenvalue weighted by Gasteiger charge is -1.64. The van der Waals surface area contributed by atoms with Crippen LogP contribution in [-0.2, 0) is 4.79 Å². The van der Waals surface area contributed by atoms with Crippen LogP contribution in [0.15, 0.2) is 12.7 Å². The second-order valence-corrected chi connectivity index (χ2v) is 0.542. The molecule has 4 heteroatoms. The standard InChI is InChI=1S/C3H4O2.CH3F.ClH/c1-2-3(4)5;1-2;/h2H,1H2,(H,4,5);1H3;1H. The Balaban J connectivity index is -0.0000000750. The molecule has 0 saturated carbocycles. The van der Waals surface area contributed by atoms with Gasteiger partial charge in [-0.1, -0.05) is 6.58 Å². The van der Waals surface area contributed by atoms with Crippen LogP contribution in [0.5, 0.6) is 0 Å². The predicted octanol–water partition coefficient (Wildman–Crippen LogP) is 1.26. The van der Waals surface area contributed by atoms with Crippen LogP contribution in [0.1, 0.15) is 0 Å². The summed E-state index contributed by atoms with van der Waals surface area (Å²) in [5.41, 5.74) is 0. The van der Waals surface area contributed by atoms with E-state index < -0.39 is 5.97 Å². The molecule has 1 N–H and O–H groups in total. The average Bonchev–Trinajstić information content (AvgIpc) is 1.73. The van der Waals surface area contributed by atoms with Crippen LogP contribution in [0, 0.1) is 0 Å². The fraction of sp³-hybridized carbons (Fsp3) is 0.250. The van der Waals surface area contributed by atoms with E-state index in [1.165, 1.54) is 0 Å². The van der Waals surface area contributed by atoms with Crippen LogP contribution < -0.4 is 0 Å². The number of alkyl halides is 1. The fourth-order valence-corrected chi connectivity index (χ4v) is 0. The number of carboxylic acid groups (broad SMARTS) is 1. The van der Waals surface area contributed by atoms with Gasteiger partial charge in [-0.15, -0.1) is 12.4 Å². The van der Waals surface area contributed by atoms with Gasteiger partial charge in [-0.2, -0.15) is 0 Å². The van der Waals surface area contributed by atoms with Gasteiger partial charge in [-0.05, 0) is 0 Å². The number of carboxylic acids is 1. The van der Waals surface area contributed by atoms with Crippen LogP contribution >= 0.6 is 12.4 Å². The van der Waals surface area contributed by atoms with E-state index in [4.69, 9.17) is 5.11 Å². The molecule has 2 nitrogen and oxygen atoms in total. The molecule has 0 aliphatic heterocycles. The van der Waals surface area contributed by atoms with E-state index in [1.807, 2.05) is 0 Å². The first-order valence-corrected chi connectivity index (χ1v) is 1.50.